The highest BCUT2D eigenvalue weighted by Crippen LogP contribution is 2.08. The molecule has 3 unspecified atom stereocenters. The van der Waals surface area contributed by atoms with Crippen molar-refractivity contribution in [2.75, 3.05) is 0 Å². The second kappa shape index (κ2) is 10.2. The third-order valence-electron chi connectivity index (χ3n) is 3.31. The number of benzene rings is 1. The predicted molar refractivity (Wildman–Crippen MR) is 90.4 cm³/mol. The van der Waals surface area contributed by atoms with Crippen molar-refractivity contribution in [3.63, 3.8) is 0 Å². The number of aliphatic hydroxyl groups excluding tert-OH is 1. The largest absolute Gasteiger partial charge is 0.480 e. The van der Waals surface area contributed by atoms with Crippen LogP contribution in [-0.2, 0) is 16.0 Å². The van der Waals surface area contributed by atoms with Gasteiger partial charge in [-0.05, 0) is 24.3 Å². The lowest BCUT2D eigenvalue weighted by atomic mass is 10.00. The molecule has 1 aromatic rings. The Labute approximate surface area is 142 Å². The van der Waals surface area contributed by atoms with Gasteiger partial charge in [0.1, 0.15) is 12.1 Å². The van der Waals surface area contributed by atoms with E-state index in [1.807, 2.05) is 44.2 Å². The number of rotatable bonds is 8. The number of hydrogen-bond acceptors (Lipinski definition) is 4. The Bertz CT molecular complexity index is 496. The van der Waals surface area contributed by atoms with Crippen LogP contribution in [0.2, 0.25) is 0 Å². The van der Waals surface area contributed by atoms with E-state index in [-0.39, 0.29) is 18.3 Å². The van der Waals surface area contributed by atoms with E-state index in [4.69, 9.17) is 10.8 Å². The van der Waals surface area contributed by atoms with Crippen molar-refractivity contribution in [1.29, 1.82) is 0 Å². The minimum absolute atomic E-state index is 0. The molecular formula is C16H25ClN2O4. The molecule has 130 valence electrons. The Balaban J connectivity index is 0.00000484. The van der Waals surface area contributed by atoms with Crippen molar-refractivity contribution in [2.24, 2.45) is 11.7 Å². The first kappa shape index (κ1) is 21.4. The molecule has 1 rings (SSSR count). The summed E-state index contributed by atoms with van der Waals surface area (Å²) in [7, 11) is 0. The number of carboxylic acid groups (broad SMARTS) is 1. The molecule has 6 nitrogen and oxygen atoms in total. The van der Waals surface area contributed by atoms with E-state index >= 15 is 0 Å². The minimum Gasteiger partial charge on any atom is -0.480 e. The smallest absolute Gasteiger partial charge is 0.326 e. The lowest BCUT2D eigenvalue weighted by molar-refractivity contribution is -0.144. The van der Waals surface area contributed by atoms with Gasteiger partial charge in [0.15, 0.2) is 0 Å². The molecule has 3 atom stereocenters. The van der Waals surface area contributed by atoms with E-state index in [1.165, 1.54) is 0 Å². The number of carboxylic acids is 1. The zero-order chi connectivity index (χ0) is 16.7. The summed E-state index contributed by atoms with van der Waals surface area (Å²) in [6.45, 7) is 3.72. The molecule has 5 N–H and O–H groups in total. The third kappa shape index (κ3) is 7.45. The molecule has 0 radical (unpaired) electrons. The van der Waals surface area contributed by atoms with E-state index in [2.05, 4.69) is 5.32 Å². The fourth-order valence-corrected chi connectivity index (χ4v) is 2.14. The van der Waals surface area contributed by atoms with Gasteiger partial charge in [0.2, 0.25) is 0 Å². The van der Waals surface area contributed by atoms with Crippen LogP contribution >= 0.6 is 12.4 Å². The molecular weight excluding hydrogens is 320 g/mol. The van der Waals surface area contributed by atoms with Crippen molar-refractivity contribution in [1.82, 2.24) is 5.32 Å². The highest BCUT2D eigenvalue weighted by Gasteiger charge is 2.28. The number of nitrogens with two attached hydrogens (primary N) is 1. The Kier molecular flexibility index (Phi) is 9.48. The van der Waals surface area contributed by atoms with Crippen LogP contribution in [0.3, 0.4) is 0 Å². The molecule has 0 fully saturated rings. The van der Waals surface area contributed by atoms with Crippen LogP contribution < -0.4 is 11.1 Å². The number of amides is 1. The zero-order valence-electron chi connectivity index (χ0n) is 13.3. The summed E-state index contributed by atoms with van der Waals surface area (Å²) in [6.07, 6.45) is -0.826. The molecule has 0 bridgehead atoms. The highest BCUT2D eigenvalue weighted by atomic mass is 35.5. The summed E-state index contributed by atoms with van der Waals surface area (Å²) in [5, 5.41) is 21.4. The third-order valence-corrected chi connectivity index (χ3v) is 3.31. The number of halogens is 1. The highest BCUT2D eigenvalue weighted by molar-refractivity contribution is 5.86. The Morgan fingerprint density at radius 2 is 1.78 bits per heavy atom. The van der Waals surface area contributed by atoms with Crippen molar-refractivity contribution in [3.8, 4) is 0 Å². The fraction of sp³-hybridized carbons (Fsp3) is 0.500. The van der Waals surface area contributed by atoms with Crippen molar-refractivity contribution >= 4 is 24.3 Å². The molecule has 0 saturated heterocycles. The van der Waals surface area contributed by atoms with Gasteiger partial charge in [0.25, 0.3) is 5.91 Å². The number of hydrogen-bond donors (Lipinski definition) is 4. The van der Waals surface area contributed by atoms with Gasteiger partial charge < -0.3 is 21.3 Å². The van der Waals surface area contributed by atoms with Gasteiger partial charge in [0.05, 0.1) is 0 Å². The predicted octanol–water partition coefficient (Wildman–Crippen LogP) is 0.955. The second-order valence-electron chi connectivity index (χ2n) is 5.83. The van der Waals surface area contributed by atoms with E-state index in [9.17, 15) is 14.7 Å². The fourth-order valence-electron chi connectivity index (χ4n) is 2.14. The van der Waals surface area contributed by atoms with E-state index in [0.717, 1.165) is 5.56 Å². The van der Waals surface area contributed by atoms with E-state index in [1.54, 1.807) is 0 Å². The van der Waals surface area contributed by atoms with Gasteiger partial charge >= 0.3 is 5.97 Å². The number of carbonyl (C=O) groups is 2. The second-order valence-corrected chi connectivity index (χ2v) is 5.83. The number of aliphatic carboxylic acids is 1. The van der Waals surface area contributed by atoms with Gasteiger partial charge in [-0.25, -0.2) is 4.79 Å². The van der Waals surface area contributed by atoms with E-state index in [0.29, 0.717) is 12.8 Å². The molecule has 7 heteroatoms. The first-order valence-corrected chi connectivity index (χ1v) is 7.32. The standard InChI is InChI=1S/C16H24N2O4.ClH/c1-10(2)8-13(16(21)22)18-15(20)14(19)12(17)9-11-6-4-3-5-7-11;/h3-7,10,12-14,19H,8-9,17H2,1-2H3,(H,18,20)(H,21,22);1H. The summed E-state index contributed by atoms with van der Waals surface area (Å²) in [4.78, 5) is 23.1. The number of aliphatic hydroxyl groups is 1. The van der Waals surface area contributed by atoms with Crippen LogP contribution in [0.1, 0.15) is 25.8 Å². The zero-order valence-corrected chi connectivity index (χ0v) is 14.1. The summed E-state index contributed by atoms with van der Waals surface area (Å²) in [6, 6.07) is 7.44. The molecule has 0 saturated carbocycles. The lowest BCUT2D eigenvalue weighted by Gasteiger charge is -2.22. The minimum atomic E-state index is -1.45. The molecule has 0 aromatic heterocycles. The van der Waals surface area contributed by atoms with Gasteiger partial charge in [0, 0.05) is 6.04 Å². The van der Waals surface area contributed by atoms with Gasteiger partial charge in [-0.1, -0.05) is 44.2 Å². The summed E-state index contributed by atoms with van der Waals surface area (Å²) < 4.78 is 0. The Morgan fingerprint density at radius 3 is 2.26 bits per heavy atom. The summed E-state index contributed by atoms with van der Waals surface area (Å²) in [5.41, 5.74) is 6.75. The van der Waals surface area contributed by atoms with Crippen LogP contribution in [0.4, 0.5) is 0 Å². The van der Waals surface area contributed by atoms with Crippen LogP contribution in [0.25, 0.3) is 0 Å². The molecule has 0 heterocycles. The normalized spacial score (nSPS) is 14.5. The maximum atomic E-state index is 12.0. The van der Waals surface area contributed by atoms with Gasteiger partial charge in [-0.3, -0.25) is 4.79 Å². The van der Waals surface area contributed by atoms with Crippen molar-refractivity contribution in [2.45, 2.75) is 44.9 Å². The first-order chi connectivity index (χ1) is 10.3. The van der Waals surface area contributed by atoms with Crippen LogP contribution in [0, 0.1) is 5.92 Å². The molecule has 0 spiro atoms. The molecule has 0 aliphatic rings. The van der Waals surface area contributed by atoms with Crippen LogP contribution in [0.15, 0.2) is 30.3 Å². The number of carbonyl (C=O) groups excluding carboxylic acids is 1. The topological polar surface area (TPSA) is 113 Å². The molecule has 1 aromatic carbocycles. The Morgan fingerprint density at radius 1 is 1.22 bits per heavy atom. The Hall–Kier alpha value is -1.63. The quantitative estimate of drug-likeness (QED) is 0.561. The van der Waals surface area contributed by atoms with Gasteiger partial charge in [-0.15, -0.1) is 12.4 Å². The SMILES string of the molecule is CC(C)CC(NC(=O)C(O)C(N)Cc1ccccc1)C(=O)O.Cl. The maximum Gasteiger partial charge on any atom is 0.326 e. The average Bonchev–Trinajstić information content (AvgIpc) is 2.46. The van der Waals surface area contributed by atoms with Crippen molar-refractivity contribution in [3.05, 3.63) is 35.9 Å². The maximum absolute atomic E-state index is 12.0. The first-order valence-electron chi connectivity index (χ1n) is 7.32. The molecule has 23 heavy (non-hydrogen) atoms. The van der Waals surface area contributed by atoms with Crippen molar-refractivity contribution < 1.29 is 19.8 Å². The van der Waals surface area contributed by atoms with Crippen LogP contribution in [-0.4, -0.2) is 40.3 Å². The van der Waals surface area contributed by atoms with E-state index < -0.39 is 30.1 Å². The number of nitrogens with one attached hydrogen (secondary N) is 1. The summed E-state index contributed by atoms with van der Waals surface area (Å²) in [5.74, 6) is -1.76. The average molecular weight is 345 g/mol. The lowest BCUT2D eigenvalue weighted by Crippen LogP contribution is -2.52. The summed E-state index contributed by atoms with van der Waals surface area (Å²) >= 11 is 0. The monoisotopic (exact) mass is 344 g/mol. The van der Waals surface area contributed by atoms with Crippen LogP contribution in [0.5, 0.6) is 0 Å². The van der Waals surface area contributed by atoms with Gasteiger partial charge in [-0.2, -0.15) is 0 Å². The molecule has 1 amide bonds. The molecule has 0 aliphatic heterocycles. The molecule has 0 aliphatic carbocycles.